The molecule has 0 fully saturated rings. The molecule has 2 aromatic rings. The van der Waals surface area contributed by atoms with Crippen molar-refractivity contribution in [3.8, 4) is 5.69 Å². The molecule has 1 aromatic carbocycles. The van der Waals surface area contributed by atoms with Crippen LogP contribution >= 0.6 is 0 Å². The molecule has 5 heteroatoms. The van der Waals surface area contributed by atoms with E-state index in [-0.39, 0.29) is 0 Å². The van der Waals surface area contributed by atoms with Gasteiger partial charge in [0.25, 0.3) is 0 Å². The van der Waals surface area contributed by atoms with Crippen molar-refractivity contribution < 1.29 is 0 Å². The van der Waals surface area contributed by atoms with E-state index >= 15 is 0 Å². The van der Waals surface area contributed by atoms with E-state index in [2.05, 4.69) is 46.5 Å². The van der Waals surface area contributed by atoms with E-state index in [0.717, 1.165) is 18.7 Å². The first-order valence-corrected chi connectivity index (χ1v) is 5.99. The Morgan fingerprint density at radius 2 is 2.39 bits per heavy atom. The molecule has 0 bridgehead atoms. The molecule has 0 amide bonds. The summed E-state index contributed by atoms with van der Waals surface area (Å²) in [5.74, 6) is 0. The Hall–Kier alpha value is -2.01. The Morgan fingerprint density at radius 1 is 1.50 bits per heavy atom. The molecule has 1 unspecified atom stereocenters. The zero-order chi connectivity index (χ0) is 12.8. The number of benzene rings is 1. The van der Waals surface area contributed by atoms with Gasteiger partial charge in [0.2, 0.25) is 0 Å². The maximum absolute atomic E-state index is 3.88. The fourth-order valence-electron chi connectivity index (χ4n) is 1.74. The lowest BCUT2D eigenvalue weighted by molar-refractivity contribution is 0.580. The minimum Gasteiger partial charge on any atom is -0.310 e. The normalized spacial score (nSPS) is 12.3. The first-order chi connectivity index (χ1) is 8.81. The summed E-state index contributed by atoms with van der Waals surface area (Å²) < 4.78 is 1.65. The average molecular weight is 243 g/mol. The van der Waals surface area contributed by atoms with E-state index in [1.807, 2.05) is 18.2 Å². The van der Waals surface area contributed by atoms with E-state index in [4.69, 9.17) is 0 Å². The summed E-state index contributed by atoms with van der Waals surface area (Å²) >= 11 is 0. The Balaban J connectivity index is 2.09. The van der Waals surface area contributed by atoms with Crippen LogP contribution in [0.1, 0.15) is 24.9 Å². The second-order valence-corrected chi connectivity index (χ2v) is 4.10. The molecule has 0 spiro atoms. The number of nitrogens with one attached hydrogen (secondary N) is 1. The lowest BCUT2D eigenvalue weighted by atomic mass is 10.1. The number of aromatic nitrogens is 4. The Bertz CT molecular complexity index is 492. The number of tetrazole rings is 1. The third-order valence-electron chi connectivity index (χ3n) is 2.78. The van der Waals surface area contributed by atoms with Crippen LogP contribution in [0.3, 0.4) is 0 Å². The molecule has 0 aliphatic carbocycles. The lowest BCUT2D eigenvalue weighted by Crippen LogP contribution is -2.19. The highest BCUT2D eigenvalue weighted by Crippen LogP contribution is 2.15. The minimum atomic E-state index is 0.293. The molecule has 5 nitrogen and oxygen atoms in total. The molecule has 0 aliphatic rings. The van der Waals surface area contributed by atoms with Gasteiger partial charge in [-0.1, -0.05) is 18.2 Å². The van der Waals surface area contributed by atoms with Crippen LogP contribution in [0.4, 0.5) is 0 Å². The standard InChI is InChI=1S/C13H17N5/c1-3-4-8-14-11(2)12-6-5-7-13(9-12)18-10-15-16-17-18/h3,5-7,9-11,14H,1,4,8H2,2H3. The van der Waals surface area contributed by atoms with Crippen molar-refractivity contribution in [3.05, 3.63) is 48.8 Å². The number of hydrogen-bond donors (Lipinski definition) is 1. The Kier molecular flexibility index (Phi) is 4.20. The average Bonchev–Trinajstić information content (AvgIpc) is 2.93. The summed E-state index contributed by atoms with van der Waals surface area (Å²) in [6.07, 6.45) is 4.48. The molecule has 0 radical (unpaired) electrons. The second-order valence-electron chi connectivity index (χ2n) is 4.10. The largest absolute Gasteiger partial charge is 0.310 e. The maximum Gasteiger partial charge on any atom is 0.143 e. The third kappa shape index (κ3) is 3.01. The predicted molar refractivity (Wildman–Crippen MR) is 70.4 cm³/mol. The fraction of sp³-hybridized carbons (Fsp3) is 0.308. The van der Waals surface area contributed by atoms with Crippen molar-refractivity contribution in [3.63, 3.8) is 0 Å². The Labute approximate surface area is 107 Å². The van der Waals surface area contributed by atoms with Gasteiger partial charge in [0.15, 0.2) is 0 Å². The van der Waals surface area contributed by atoms with Crippen LogP contribution in [-0.4, -0.2) is 26.8 Å². The highest BCUT2D eigenvalue weighted by molar-refractivity contribution is 5.35. The van der Waals surface area contributed by atoms with Crippen molar-refractivity contribution in [1.82, 2.24) is 25.5 Å². The van der Waals surface area contributed by atoms with Crippen LogP contribution in [0.25, 0.3) is 5.69 Å². The molecular formula is C13H17N5. The van der Waals surface area contributed by atoms with Crippen molar-refractivity contribution in [2.24, 2.45) is 0 Å². The Morgan fingerprint density at radius 3 is 3.11 bits per heavy atom. The molecule has 1 N–H and O–H groups in total. The van der Waals surface area contributed by atoms with Gasteiger partial charge in [-0.2, -0.15) is 0 Å². The van der Waals surface area contributed by atoms with Gasteiger partial charge in [-0.15, -0.1) is 11.7 Å². The summed E-state index contributed by atoms with van der Waals surface area (Å²) in [6, 6.07) is 8.47. The monoisotopic (exact) mass is 243 g/mol. The smallest absolute Gasteiger partial charge is 0.143 e. The van der Waals surface area contributed by atoms with Gasteiger partial charge in [-0.05, 0) is 48.0 Å². The highest BCUT2D eigenvalue weighted by Gasteiger charge is 2.06. The van der Waals surface area contributed by atoms with Gasteiger partial charge in [0.1, 0.15) is 6.33 Å². The van der Waals surface area contributed by atoms with E-state index in [9.17, 15) is 0 Å². The fourth-order valence-corrected chi connectivity index (χ4v) is 1.74. The summed E-state index contributed by atoms with van der Waals surface area (Å²) in [5, 5.41) is 14.6. The SMILES string of the molecule is C=CCCNC(C)c1cccc(-n2cnnn2)c1. The summed E-state index contributed by atoms with van der Waals surface area (Å²) in [5.41, 5.74) is 2.18. The van der Waals surface area contributed by atoms with Gasteiger partial charge in [0, 0.05) is 6.04 Å². The first-order valence-electron chi connectivity index (χ1n) is 5.99. The molecule has 1 aromatic heterocycles. The zero-order valence-electron chi connectivity index (χ0n) is 10.5. The quantitative estimate of drug-likeness (QED) is 0.622. The number of rotatable bonds is 6. The number of hydrogen-bond acceptors (Lipinski definition) is 4. The topological polar surface area (TPSA) is 55.6 Å². The van der Waals surface area contributed by atoms with Crippen LogP contribution in [-0.2, 0) is 0 Å². The first kappa shape index (κ1) is 12.4. The van der Waals surface area contributed by atoms with Crippen LogP contribution in [0, 0.1) is 0 Å². The molecule has 0 saturated heterocycles. The van der Waals surface area contributed by atoms with E-state index in [1.54, 1.807) is 11.0 Å². The second kappa shape index (κ2) is 6.07. The van der Waals surface area contributed by atoms with Crippen LogP contribution in [0.2, 0.25) is 0 Å². The molecule has 94 valence electrons. The van der Waals surface area contributed by atoms with Gasteiger partial charge < -0.3 is 5.32 Å². The predicted octanol–water partition coefficient (Wildman–Crippen LogP) is 1.89. The van der Waals surface area contributed by atoms with E-state index < -0.39 is 0 Å². The molecule has 0 aliphatic heterocycles. The summed E-state index contributed by atoms with van der Waals surface area (Å²) in [6.45, 7) is 6.78. The van der Waals surface area contributed by atoms with Gasteiger partial charge >= 0.3 is 0 Å². The van der Waals surface area contributed by atoms with Crippen molar-refractivity contribution >= 4 is 0 Å². The summed E-state index contributed by atoms with van der Waals surface area (Å²) in [4.78, 5) is 0. The van der Waals surface area contributed by atoms with E-state index in [0.29, 0.717) is 6.04 Å². The van der Waals surface area contributed by atoms with Crippen LogP contribution in [0.5, 0.6) is 0 Å². The minimum absolute atomic E-state index is 0.293. The molecule has 0 saturated carbocycles. The molecular weight excluding hydrogens is 226 g/mol. The number of nitrogens with zero attached hydrogens (tertiary/aromatic N) is 4. The van der Waals surface area contributed by atoms with Crippen LogP contribution in [0.15, 0.2) is 43.2 Å². The van der Waals surface area contributed by atoms with Gasteiger partial charge in [0.05, 0.1) is 5.69 Å². The molecule has 18 heavy (non-hydrogen) atoms. The highest BCUT2D eigenvalue weighted by atomic mass is 15.5. The van der Waals surface area contributed by atoms with Crippen LogP contribution < -0.4 is 5.32 Å². The maximum atomic E-state index is 3.88. The third-order valence-corrected chi connectivity index (χ3v) is 2.78. The van der Waals surface area contributed by atoms with Gasteiger partial charge in [-0.25, -0.2) is 4.68 Å². The van der Waals surface area contributed by atoms with Crippen molar-refractivity contribution in [1.29, 1.82) is 0 Å². The van der Waals surface area contributed by atoms with Crippen molar-refractivity contribution in [2.45, 2.75) is 19.4 Å². The molecule has 1 atom stereocenters. The van der Waals surface area contributed by atoms with Gasteiger partial charge in [-0.3, -0.25) is 0 Å². The molecule has 2 rings (SSSR count). The lowest BCUT2D eigenvalue weighted by Gasteiger charge is -2.14. The zero-order valence-corrected chi connectivity index (χ0v) is 10.5. The van der Waals surface area contributed by atoms with Crippen molar-refractivity contribution in [2.75, 3.05) is 6.54 Å². The molecule has 1 heterocycles. The summed E-state index contributed by atoms with van der Waals surface area (Å²) in [7, 11) is 0. The van der Waals surface area contributed by atoms with E-state index in [1.165, 1.54) is 5.56 Å².